The first kappa shape index (κ1) is 18.1. The van der Waals surface area contributed by atoms with Gasteiger partial charge in [-0.25, -0.2) is 0 Å². The molecular formula is C22H25NO3. The van der Waals surface area contributed by atoms with Crippen LogP contribution in [-0.4, -0.2) is 26.2 Å². The van der Waals surface area contributed by atoms with E-state index in [1.165, 1.54) is 0 Å². The number of hydrogen-bond donors (Lipinski definition) is 0. The van der Waals surface area contributed by atoms with Gasteiger partial charge in [-0.1, -0.05) is 25.1 Å². The molecule has 0 atom stereocenters. The Morgan fingerprint density at radius 3 is 2.58 bits per heavy atom. The number of amides is 1. The van der Waals surface area contributed by atoms with Crippen LogP contribution in [0.2, 0.25) is 0 Å². The normalized spacial score (nSPS) is 14.7. The van der Waals surface area contributed by atoms with Crippen molar-refractivity contribution in [1.29, 1.82) is 0 Å². The smallest absolute Gasteiger partial charge is 0.258 e. The number of carbonyl (C=O) groups excluding carboxylic acids is 1. The van der Waals surface area contributed by atoms with E-state index in [1.807, 2.05) is 61.2 Å². The second kappa shape index (κ2) is 7.65. The summed E-state index contributed by atoms with van der Waals surface area (Å²) < 4.78 is 11.1. The molecule has 0 saturated carbocycles. The van der Waals surface area contributed by atoms with Crippen molar-refractivity contribution >= 4 is 23.2 Å². The lowest BCUT2D eigenvalue weighted by Gasteiger charge is -2.15. The molecular weight excluding hydrogens is 326 g/mol. The third kappa shape index (κ3) is 3.19. The van der Waals surface area contributed by atoms with Gasteiger partial charge in [-0.2, -0.15) is 0 Å². The van der Waals surface area contributed by atoms with Crippen molar-refractivity contribution in [3.63, 3.8) is 0 Å². The van der Waals surface area contributed by atoms with Gasteiger partial charge in [-0.05, 0) is 55.7 Å². The lowest BCUT2D eigenvalue weighted by Crippen LogP contribution is -2.26. The zero-order valence-corrected chi connectivity index (χ0v) is 15.8. The molecule has 26 heavy (non-hydrogen) atoms. The molecule has 3 rings (SSSR count). The Hall–Kier alpha value is -2.75. The molecule has 0 fully saturated rings. The van der Waals surface area contributed by atoms with Crippen molar-refractivity contribution in [1.82, 2.24) is 0 Å². The van der Waals surface area contributed by atoms with Crippen molar-refractivity contribution in [2.75, 3.05) is 25.2 Å². The van der Waals surface area contributed by atoms with Crippen molar-refractivity contribution in [3.8, 4) is 11.5 Å². The number of benzene rings is 2. The van der Waals surface area contributed by atoms with Gasteiger partial charge in [-0.15, -0.1) is 0 Å². The monoisotopic (exact) mass is 351 g/mol. The van der Waals surface area contributed by atoms with Crippen LogP contribution in [0.15, 0.2) is 36.4 Å². The van der Waals surface area contributed by atoms with Crippen LogP contribution in [-0.2, 0) is 4.79 Å². The lowest BCUT2D eigenvalue weighted by molar-refractivity contribution is -0.113. The Morgan fingerprint density at radius 1 is 1.12 bits per heavy atom. The van der Waals surface area contributed by atoms with Crippen LogP contribution in [0.3, 0.4) is 0 Å². The summed E-state index contributed by atoms with van der Waals surface area (Å²) in [5.74, 6) is 1.45. The predicted molar refractivity (Wildman–Crippen MR) is 106 cm³/mol. The van der Waals surface area contributed by atoms with Gasteiger partial charge in [0.15, 0.2) is 11.5 Å². The molecule has 1 aliphatic heterocycles. The molecule has 0 radical (unpaired) electrons. The summed E-state index contributed by atoms with van der Waals surface area (Å²) in [7, 11) is 1.63. The Balaban J connectivity index is 2.10. The van der Waals surface area contributed by atoms with Gasteiger partial charge >= 0.3 is 0 Å². The standard InChI is InChI=1S/C22H25NO3/c1-5-11-23-19-10-8-7-9-17(19)18(22(23)24)13-16-14-21(26-6-2)20(25-4)12-15(16)3/h7-10,12-14H,5-6,11H2,1-4H3/b18-13-. The molecule has 4 nitrogen and oxygen atoms in total. The third-order valence-corrected chi connectivity index (χ3v) is 4.56. The van der Waals surface area contributed by atoms with E-state index in [4.69, 9.17) is 9.47 Å². The molecule has 0 spiro atoms. The van der Waals surface area contributed by atoms with Gasteiger partial charge in [0.05, 0.1) is 19.4 Å². The summed E-state index contributed by atoms with van der Waals surface area (Å²) in [6.45, 7) is 7.32. The molecule has 136 valence electrons. The largest absolute Gasteiger partial charge is 0.493 e. The molecule has 2 aromatic rings. The van der Waals surface area contributed by atoms with Crippen LogP contribution in [0.5, 0.6) is 11.5 Å². The fourth-order valence-corrected chi connectivity index (χ4v) is 3.31. The maximum atomic E-state index is 13.0. The average Bonchev–Trinajstić information content (AvgIpc) is 2.90. The molecule has 0 aliphatic carbocycles. The van der Waals surface area contributed by atoms with E-state index >= 15 is 0 Å². The summed E-state index contributed by atoms with van der Waals surface area (Å²) in [6.07, 6.45) is 2.89. The minimum Gasteiger partial charge on any atom is -0.493 e. The molecule has 2 aromatic carbocycles. The number of para-hydroxylation sites is 1. The maximum absolute atomic E-state index is 13.0. The highest BCUT2D eigenvalue weighted by atomic mass is 16.5. The van der Waals surface area contributed by atoms with Crippen LogP contribution < -0.4 is 14.4 Å². The number of hydrogen-bond acceptors (Lipinski definition) is 3. The van der Waals surface area contributed by atoms with Crippen molar-refractivity contribution in [2.24, 2.45) is 0 Å². The van der Waals surface area contributed by atoms with E-state index < -0.39 is 0 Å². The molecule has 1 aliphatic rings. The molecule has 1 amide bonds. The Bertz CT molecular complexity index is 854. The second-order valence-electron chi connectivity index (χ2n) is 6.32. The molecule has 4 heteroatoms. The first-order valence-corrected chi connectivity index (χ1v) is 9.05. The first-order chi connectivity index (χ1) is 12.6. The van der Waals surface area contributed by atoms with Crippen molar-refractivity contribution in [3.05, 3.63) is 53.1 Å². The quantitative estimate of drug-likeness (QED) is 0.708. The molecule has 0 aromatic heterocycles. The van der Waals surface area contributed by atoms with Gasteiger partial charge in [-0.3, -0.25) is 4.79 Å². The summed E-state index contributed by atoms with van der Waals surface area (Å²) in [5.41, 5.74) is 4.70. The van der Waals surface area contributed by atoms with Gasteiger partial charge in [0.1, 0.15) is 0 Å². The molecule has 0 bridgehead atoms. The molecule has 1 heterocycles. The number of nitrogens with zero attached hydrogens (tertiary/aromatic N) is 1. The van der Waals surface area contributed by atoms with E-state index in [1.54, 1.807) is 7.11 Å². The summed E-state index contributed by atoms with van der Waals surface area (Å²) >= 11 is 0. The summed E-state index contributed by atoms with van der Waals surface area (Å²) in [6, 6.07) is 11.9. The Morgan fingerprint density at radius 2 is 1.88 bits per heavy atom. The minimum atomic E-state index is 0.0567. The highest BCUT2D eigenvalue weighted by molar-refractivity contribution is 6.35. The predicted octanol–water partition coefficient (Wildman–Crippen LogP) is 4.70. The van der Waals surface area contributed by atoms with E-state index in [-0.39, 0.29) is 5.91 Å². The van der Waals surface area contributed by atoms with Crippen LogP contribution in [0.4, 0.5) is 5.69 Å². The zero-order valence-electron chi connectivity index (χ0n) is 15.8. The SMILES string of the molecule is CCCN1C(=O)/C(=C\c2cc(OCC)c(OC)cc2C)c2ccccc21. The maximum Gasteiger partial charge on any atom is 0.258 e. The van der Waals surface area contributed by atoms with Crippen molar-refractivity contribution < 1.29 is 14.3 Å². The molecule has 0 unspecified atom stereocenters. The highest BCUT2D eigenvalue weighted by Gasteiger charge is 2.31. The first-order valence-electron chi connectivity index (χ1n) is 9.05. The zero-order chi connectivity index (χ0) is 18.7. The molecule has 0 saturated heterocycles. The van der Waals surface area contributed by atoms with Gasteiger partial charge in [0, 0.05) is 17.7 Å². The number of anilines is 1. The summed E-state index contributed by atoms with van der Waals surface area (Å²) in [5, 5.41) is 0. The Labute approximate surface area is 155 Å². The van der Waals surface area contributed by atoms with Crippen LogP contribution in [0.1, 0.15) is 37.0 Å². The highest BCUT2D eigenvalue weighted by Crippen LogP contribution is 2.39. The number of methoxy groups -OCH3 is 1. The fraction of sp³-hybridized carbons (Fsp3) is 0.318. The van der Waals surface area contributed by atoms with Gasteiger partial charge < -0.3 is 14.4 Å². The van der Waals surface area contributed by atoms with Gasteiger partial charge in [0.2, 0.25) is 0 Å². The van der Waals surface area contributed by atoms with E-state index in [0.717, 1.165) is 40.9 Å². The Kier molecular flexibility index (Phi) is 5.31. The number of aryl methyl sites for hydroxylation is 1. The van der Waals surface area contributed by atoms with Crippen LogP contribution in [0.25, 0.3) is 11.6 Å². The van der Waals surface area contributed by atoms with E-state index in [2.05, 4.69) is 6.92 Å². The number of ether oxygens (including phenoxy) is 2. The average molecular weight is 351 g/mol. The van der Waals surface area contributed by atoms with Crippen molar-refractivity contribution in [2.45, 2.75) is 27.2 Å². The summed E-state index contributed by atoms with van der Waals surface area (Å²) in [4.78, 5) is 14.9. The number of fused-ring (bicyclic) bond motifs is 1. The number of rotatable bonds is 6. The van der Waals surface area contributed by atoms with E-state index in [9.17, 15) is 4.79 Å². The van der Waals surface area contributed by atoms with Gasteiger partial charge in [0.25, 0.3) is 5.91 Å². The topological polar surface area (TPSA) is 38.8 Å². The fourth-order valence-electron chi connectivity index (χ4n) is 3.31. The van der Waals surface area contributed by atoms with Crippen LogP contribution >= 0.6 is 0 Å². The minimum absolute atomic E-state index is 0.0567. The lowest BCUT2D eigenvalue weighted by atomic mass is 10.0. The molecule has 0 N–H and O–H groups in total. The third-order valence-electron chi connectivity index (χ3n) is 4.56. The number of carbonyl (C=O) groups is 1. The van der Waals surface area contributed by atoms with E-state index in [0.29, 0.717) is 18.1 Å². The van der Waals surface area contributed by atoms with Crippen LogP contribution in [0, 0.1) is 6.92 Å². The second-order valence-corrected chi connectivity index (χ2v) is 6.32.